The summed E-state index contributed by atoms with van der Waals surface area (Å²) in [5, 5.41) is 0. The molecule has 0 N–H and O–H groups in total. The molecule has 0 atom stereocenters. The highest BCUT2D eigenvalue weighted by Crippen LogP contribution is 2.21. The van der Waals surface area contributed by atoms with E-state index >= 15 is 0 Å². The van der Waals surface area contributed by atoms with Gasteiger partial charge < -0.3 is 14.7 Å². The van der Waals surface area contributed by atoms with Gasteiger partial charge in [0.05, 0.1) is 0 Å². The van der Waals surface area contributed by atoms with Gasteiger partial charge >= 0.3 is 0 Å². The maximum Gasteiger partial charge on any atom is 0.253 e. The van der Waals surface area contributed by atoms with Gasteiger partial charge in [0.15, 0.2) is 0 Å². The molecule has 0 aromatic heterocycles. The summed E-state index contributed by atoms with van der Waals surface area (Å²) in [5.41, 5.74) is 1.68. The summed E-state index contributed by atoms with van der Waals surface area (Å²) in [6.07, 6.45) is 4.82. The van der Waals surface area contributed by atoms with Gasteiger partial charge in [-0.2, -0.15) is 0 Å². The molecule has 166 valence electrons. The lowest BCUT2D eigenvalue weighted by Crippen LogP contribution is -2.53. The molecule has 0 spiro atoms. The Kier molecular flexibility index (Phi) is 7.00. The third-order valence-electron chi connectivity index (χ3n) is 6.27. The first-order chi connectivity index (χ1) is 15.6. The number of piperazine rings is 1. The summed E-state index contributed by atoms with van der Waals surface area (Å²) < 4.78 is 0. The van der Waals surface area contributed by atoms with Crippen LogP contribution in [-0.4, -0.2) is 71.7 Å². The first-order valence-corrected chi connectivity index (χ1v) is 11.3. The first kappa shape index (κ1) is 21.8. The largest absolute Gasteiger partial charge is 0.339 e. The van der Waals surface area contributed by atoms with E-state index in [0.29, 0.717) is 57.7 Å². The van der Waals surface area contributed by atoms with Crippen LogP contribution in [0.1, 0.15) is 28.8 Å². The fourth-order valence-corrected chi connectivity index (χ4v) is 4.34. The van der Waals surface area contributed by atoms with Crippen molar-refractivity contribution in [3.8, 4) is 0 Å². The van der Waals surface area contributed by atoms with Gasteiger partial charge in [0, 0.05) is 56.8 Å². The molecule has 2 aliphatic heterocycles. The van der Waals surface area contributed by atoms with Crippen LogP contribution in [0.25, 0.3) is 6.08 Å². The van der Waals surface area contributed by atoms with Crippen LogP contribution < -0.4 is 0 Å². The number of hydrogen-bond acceptors (Lipinski definition) is 3. The molecule has 2 aliphatic rings. The average molecular weight is 432 g/mol. The van der Waals surface area contributed by atoms with Crippen molar-refractivity contribution in [1.29, 1.82) is 0 Å². The Labute approximate surface area is 189 Å². The number of rotatable bonds is 4. The van der Waals surface area contributed by atoms with E-state index in [0.717, 1.165) is 5.56 Å². The van der Waals surface area contributed by atoms with Gasteiger partial charge in [0.1, 0.15) is 0 Å². The van der Waals surface area contributed by atoms with Gasteiger partial charge in [0.2, 0.25) is 11.8 Å². The molecule has 6 nitrogen and oxygen atoms in total. The van der Waals surface area contributed by atoms with E-state index in [1.54, 1.807) is 6.08 Å². The average Bonchev–Trinajstić information content (AvgIpc) is 2.88. The molecule has 0 radical (unpaired) electrons. The Morgan fingerprint density at radius 2 is 1.25 bits per heavy atom. The zero-order chi connectivity index (χ0) is 22.3. The predicted octanol–water partition coefficient (Wildman–Crippen LogP) is 2.92. The third kappa shape index (κ3) is 5.25. The highest BCUT2D eigenvalue weighted by atomic mass is 16.2. The molecule has 6 heteroatoms. The predicted molar refractivity (Wildman–Crippen MR) is 124 cm³/mol. The van der Waals surface area contributed by atoms with E-state index in [1.807, 2.05) is 81.4 Å². The van der Waals surface area contributed by atoms with Crippen LogP contribution in [0.2, 0.25) is 0 Å². The van der Waals surface area contributed by atoms with Crippen molar-refractivity contribution in [2.45, 2.75) is 12.8 Å². The van der Waals surface area contributed by atoms with E-state index in [9.17, 15) is 14.4 Å². The quantitative estimate of drug-likeness (QED) is 0.700. The van der Waals surface area contributed by atoms with E-state index in [2.05, 4.69) is 0 Å². The fourth-order valence-electron chi connectivity index (χ4n) is 4.34. The first-order valence-electron chi connectivity index (χ1n) is 11.3. The highest BCUT2D eigenvalue weighted by molar-refractivity contribution is 5.94. The number of piperidine rings is 1. The van der Waals surface area contributed by atoms with Crippen LogP contribution in [-0.2, 0) is 9.59 Å². The molecular formula is C26H29N3O3. The molecule has 32 heavy (non-hydrogen) atoms. The number of benzene rings is 2. The van der Waals surface area contributed by atoms with Crippen LogP contribution in [0.3, 0.4) is 0 Å². The summed E-state index contributed by atoms with van der Waals surface area (Å²) in [5.74, 6) is 0.123. The summed E-state index contributed by atoms with van der Waals surface area (Å²) in [4.78, 5) is 43.6. The zero-order valence-electron chi connectivity index (χ0n) is 18.2. The van der Waals surface area contributed by atoms with E-state index in [4.69, 9.17) is 0 Å². The topological polar surface area (TPSA) is 60.9 Å². The monoisotopic (exact) mass is 431 g/mol. The lowest BCUT2D eigenvalue weighted by atomic mass is 9.94. The Balaban J connectivity index is 1.23. The second-order valence-electron chi connectivity index (χ2n) is 8.33. The summed E-state index contributed by atoms with van der Waals surface area (Å²) >= 11 is 0. The zero-order valence-corrected chi connectivity index (χ0v) is 18.2. The van der Waals surface area contributed by atoms with E-state index < -0.39 is 0 Å². The Hall–Kier alpha value is -3.41. The normalized spacial score (nSPS) is 17.6. The van der Waals surface area contributed by atoms with Crippen molar-refractivity contribution in [2.75, 3.05) is 39.3 Å². The lowest BCUT2D eigenvalue weighted by molar-refractivity contribution is -0.140. The molecule has 2 heterocycles. The molecule has 4 rings (SSSR count). The SMILES string of the molecule is O=C(/C=C/c1ccccc1)N1CCC(C(=O)N2CCN(C(=O)c3ccccc3)CC2)CC1. The molecule has 0 saturated carbocycles. The Morgan fingerprint density at radius 3 is 1.88 bits per heavy atom. The molecule has 3 amide bonds. The highest BCUT2D eigenvalue weighted by Gasteiger charge is 2.32. The van der Waals surface area contributed by atoms with E-state index in [-0.39, 0.29) is 23.6 Å². The minimum Gasteiger partial charge on any atom is -0.339 e. The van der Waals surface area contributed by atoms with Crippen LogP contribution >= 0.6 is 0 Å². The minimum absolute atomic E-state index is 0.00668. The van der Waals surface area contributed by atoms with Gasteiger partial charge in [-0.05, 0) is 36.6 Å². The minimum atomic E-state index is -0.0477. The molecule has 2 aromatic rings. The number of hydrogen-bond donors (Lipinski definition) is 0. The summed E-state index contributed by atoms with van der Waals surface area (Å²) in [6.45, 7) is 3.44. The van der Waals surface area contributed by atoms with Crippen LogP contribution in [0, 0.1) is 5.92 Å². The Morgan fingerprint density at radius 1 is 0.688 bits per heavy atom. The number of carbonyl (C=O) groups is 3. The van der Waals surface area contributed by atoms with Gasteiger partial charge in [0.25, 0.3) is 5.91 Å². The van der Waals surface area contributed by atoms with Crippen molar-refractivity contribution < 1.29 is 14.4 Å². The van der Waals surface area contributed by atoms with E-state index in [1.165, 1.54) is 0 Å². The van der Waals surface area contributed by atoms with Crippen molar-refractivity contribution >= 4 is 23.8 Å². The number of amides is 3. The standard InChI is InChI=1S/C26H29N3O3/c30-24(12-11-21-7-3-1-4-8-21)27-15-13-23(14-16-27)26(32)29-19-17-28(18-20-29)25(31)22-9-5-2-6-10-22/h1-12,23H,13-20H2/b12-11+. The smallest absolute Gasteiger partial charge is 0.253 e. The summed E-state index contributed by atoms with van der Waals surface area (Å²) in [6, 6.07) is 19.0. The van der Waals surface area contributed by atoms with Crippen molar-refractivity contribution in [1.82, 2.24) is 14.7 Å². The molecular weight excluding hydrogens is 402 g/mol. The third-order valence-corrected chi connectivity index (χ3v) is 6.27. The Bertz CT molecular complexity index is 958. The molecule has 2 aromatic carbocycles. The van der Waals surface area contributed by atoms with Gasteiger partial charge in [-0.3, -0.25) is 14.4 Å². The van der Waals surface area contributed by atoms with Crippen molar-refractivity contribution in [2.24, 2.45) is 5.92 Å². The molecule has 0 aliphatic carbocycles. The van der Waals surface area contributed by atoms with Crippen molar-refractivity contribution in [3.63, 3.8) is 0 Å². The van der Waals surface area contributed by atoms with Gasteiger partial charge in [-0.25, -0.2) is 0 Å². The fraction of sp³-hybridized carbons (Fsp3) is 0.346. The number of carbonyl (C=O) groups excluding carboxylic acids is 3. The second-order valence-corrected chi connectivity index (χ2v) is 8.33. The number of nitrogens with zero attached hydrogens (tertiary/aromatic N) is 3. The maximum absolute atomic E-state index is 13.0. The molecule has 2 saturated heterocycles. The van der Waals surface area contributed by atoms with Crippen LogP contribution in [0.15, 0.2) is 66.7 Å². The van der Waals surface area contributed by atoms with Crippen LogP contribution in [0.5, 0.6) is 0 Å². The number of likely N-dealkylation sites (tertiary alicyclic amines) is 1. The van der Waals surface area contributed by atoms with Gasteiger partial charge in [-0.1, -0.05) is 48.5 Å². The summed E-state index contributed by atoms with van der Waals surface area (Å²) in [7, 11) is 0. The molecule has 0 unspecified atom stereocenters. The second kappa shape index (κ2) is 10.3. The van der Waals surface area contributed by atoms with Crippen molar-refractivity contribution in [3.05, 3.63) is 77.9 Å². The molecule has 2 fully saturated rings. The maximum atomic E-state index is 13.0. The lowest BCUT2D eigenvalue weighted by Gasteiger charge is -2.38. The van der Waals surface area contributed by atoms with Gasteiger partial charge in [-0.15, -0.1) is 0 Å². The molecule has 0 bridgehead atoms. The van der Waals surface area contributed by atoms with Crippen LogP contribution in [0.4, 0.5) is 0 Å².